The highest BCUT2D eigenvalue weighted by Crippen LogP contribution is 2.37. The minimum absolute atomic E-state index is 0.0978. The topological polar surface area (TPSA) is 78.7 Å². The van der Waals surface area contributed by atoms with E-state index in [0.29, 0.717) is 15.6 Å². The summed E-state index contributed by atoms with van der Waals surface area (Å²) in [6.07, 6.45) is 0.546. The number of halogens is 2. The van der Waals surface area contributed by atoms with Crippen molar-refractivity contribution >= 4 is 40.7 Å². The quantitative estimate of drug-likeness (QED) is 0.406. The molecule has 2 atom stereocenters. The van der Waals surface area contributed by atoms with Crippen molar-refractivity contribution in [3.63, 3.8) is 0 Å². The van der Waals surface area contributed by atoms with Crippen LogP contribution >= 0.6 is 23.2 Å². The molecule has 0 aromatic heterocycles. The summed E-state index contributed by atoms with van der Waals surface area (Å²) in [7, 11) is 0. The molecule has 1 saturated heterocycles. The Hall–Kier alpha value is -3.06. The van der Waals surface area contributed by atoms with Crippen LogP contribution in [0.4, 0.5) is 5.69 Å². The second-order valence-electron chi connectivity index (χ2n) is 8.74. The van der Waals surface area contributed by atoms with Gasteiger partial charge in [-0.1, -0.05) is 72.1 Å². The summed E-state index contributed by atoms with van der Waals surface area (Å²) in [6.45, 7) is 6.62. The van der Waals surface area contributed by atoms with Crippen LogP contribution in [0.1, 0.15) is 47.9 Å². The number of hydrogen-bond donors (Lipinski definition) is 2. The monoisotopic (exact) mass is 526 g/mol. The maximum atomic E-state index is 12.8. The van der Waals surface area contributed by atoms with Crippen LogP contribution in [0.3, 0.4) is 0 Å². The zero-order valence-corrected chi connectivity index (χ0v) is 22.3. The van der Waals surface area contributed by atoms with Gasteiger partial charge in [0.15, 0.2) is 0 Å². The normalized spacial score (nSPS) is 15.3. The van der Waals surface area contributed by atoms with Gasteiger partial charge < -0.3 is 16.0 Å². The highest BCUT2D eigenvalue weighted by molar-refractivity contribution is 6.42. The summed E-state index contributed by atoms with van der Waals surface area (Å²) in [5.74, 6) is -0.216. The van der Waals surface area contributed by atoms with Crippen molar-refractivity contribution in [2.24, 2.45) is 5.73 Å². The number of hydrogen-bond acceptors (Lipinski definition) is 4. The average Bonchev–Trinajstić information content (AvgIpc) is 2.85. The first kappa shape index (κ1) is 27.5. The molecule has 1 aliphatic heterocycles. The Bertz CT molecular complexity index is 1190. The van der Waals surface area contributed by atoms with Crippen LogP contribution in [-0.4, -0.2) is 40.9 Å². The number of aryl methyl sites for hydroxylation is 1. The predicted molar refractivity (Wildman–Crippen MR) is 147 cm³/mol. The summed E-state index contributed by atoms with van der Waals surface area (Å²) in [5.41, 5.74) is 9.27. The lowest BCUT2D eigenvalue weighted by atomic mass is 10.0. The lowest BCUT2D eigenvalue weighted by molar-refractivity contribution is -0.154. The molecule has 3 N–H and O–H groups in total. The molecule has 0 radical (unpaired) electrons. The average molecular weight is 527 g/mol. The van der Waals surface area contributed by atoms with Gasteiger partial charge in [0.05, 0.1) is 10.0 Å². The molecule has 0 spiro atoms. The fourth-order valence-corrected chi connectivity index (χ4v) is 4.07. The van der Waals surface area contributed by atoms with Gasteiger partial charge in [-0.3, -0.25) is 14.5 Å². The molecule has 0 bridgehead atoms. The molecule has 3 aromatic rings. The van der Waals surface area contributed by atoms with E-state index >= 15 is 0 Å². The Balaban J connectivity index is 0.000000253. The highest BCUT2D eigenvalue weighted by atomic mass is 35.5. The van der Waals surface area contributed by atoms with E-state index in [9.17, 15) is 9.59 Å². The molecular formula is C28H32Cl2N4O2. The molecule has 3 aromatic carbocycles. The summed E-state index contributed by atoms with van der Waals surface area (Å²) >= 11 is 12.1. The van der Waals surface area contributed by atoms with E-state index < -0.39 is 6.17 Å². The summed E-state index contributed by atoms with van der Waals surface area (Å²) in [4.78, 5) is 27.9. The van der Waals surface area contributed by atoms with Gasteiger partial charge in [-0.15, -0.1) is 0 Å². The van der Waals surface area contributed by atoms with Crippen molar-refractivity contribution in [2.75, 3.05) is 18.5 Å². The molecule has 1 heterocycles. The smallest absolute Gasteiger partial charge is 0.257 e. The van der Waals surface area contributed by atoms with Crippen LogP contribution in [-0.2, 0) is 4.79 Å². The molecule has 1 aliphatic rings. The Morgan fingerprint density at radius 3 is 2.33 bits per heavy atom. The fraction of sp³-hybridized carbons (Fsp3) is 0.286. The van der Waals surface area contributed by atoms with E-state index in [4.69, 9.17) is 28.9 Å². The molecule has 36 heavy (non-hydrogen) atoms. The first-order valence-corrected chi connectivity index (χ1v) is 12.6. The zero-order chi connectivity index (χ0) is 26.2. The fourth-order valence-electron chi connectivity index (χ4n) is 3.76. The maximum absolute atomic E-state index is 12.8. The third-order valence-electron chi connectivity index (χ3n) is 5.93. The van der Waals surface area contributed by atoms with Crippen molar-refractivity contribution in [3.05, 3.63) is 99.5 Å². The van der Waals surface area contributed by atoms with E-state index in [1.165, 1.54) is 6.92 Å². The number of para-hydroxylation sites is 1. The number of benzene rings is 3. The summed E-state index contributed by atoms with van der Waals surface area (Å²) < 4.78 is 0. The lowest BCUT2D eigenvalue weighted by Crippen LogP contribution is -2.61. The first-order valence-electron chi connectivity index (χ1n) is 11.9. The molecule has 8 heteroatoms. The predicted octanol–water partition coefficient (Wildman–Crippen LogP) is 6.10. The van der Waals surface area contributed by atoms with Crippen molar-refractivity contribution in [1.29, 1.82) is 0 Å². The Kier molecular flexibility index (Phi) is 9.76. The standard InChI is InChI=1S/C18H16Cl2N2O2.C10H16N2/c1-11-4-3-5-14(8-11)18(24)22-10-21(12(2)23)17(22)13-6-7-15(19)16(20)9-13;1-2-9(11)8-12-10-6-4-3-5-7-10/h3-9,17H,10H2,1-2H3;3-7,9,12H,2,8,11H2,1H3. The van der Waals surface area contributed by atoms with E-state index in [1.807, 2.05) is 55.5 Å². The third kappa shape index (κ3) is 7.00. The van der Waals surface area contributed by atoms with E-state index in [1.54, 1.807) is 34.1 Å². The third-order valence-corrected chi connectivity index (χ3v) is 6.67. The number of nitrogens with two attached hydrogens (primary N) is 1. The van der Waals surface area contributed by atoms with Crippen LogP contribution in [0.25, 0.3) is 0 Å². The molecule has 2 amide bonds. The summed E-state index contributed by atoms with van der Waals surface area (Å²) in [6, 6.07) is 22.9. The second-order valence-corrected chi connectivity index (χ2v) is 9.55. The number of nitrogens with zero attached hydrogens (tertiary/aromatic N) is 2. The van der Waals surface area contributed by atoms with Gasteiger partial charge in [-0.2, -0.15) is 0 Å². The number of rotatable bonds is 6. The van der Waals surface area contributed by atoms with Crippen LogP contribution < -0.4 is 11.1 Å². The second kappa shape index (κ2) is 12.8. The van der Waals surface area contributed by atoms with Crippen molar-refractivity contribution in [3.8, 4) is 0 Å². The van der Waals surface area contributed by atoms with Gasteiger partial charge in [0.25, 0.3) is 5.91 Å². The molecule has 0 aliphatic carbocycles. The zero-order valence-electron chi connectivity index (χ0n) is 20.7. The van der Waals surface area contributed by atoms with Crippen molar-refractivity contribution < 1.29 is 9.59 Å². The van der Waals surface area contributed by atoms with Gasteiger partial charge >= 0.3 is 0 Å². The van der Waals surface area contributed by atoms with Crippen LogP contribution in [0.15, 0.2) is 72.8 Å². The van der Waals surface area contributed by atoms with Gasteiger partial charge in [-0.25, -0.2) is 0 Å². The van der Waals surface area contributed by atoms with Gasteiger partial charge in [0, 0.05) is 30.8 Å². The maximum Gasteiger partial charge on any atom is 0.257 e. The van der Waals surface area contributed by atoms with Crippen LogP contribution in [0, 0.1) is 6.92 Å². The first-order chi connectivity index (χ1) is 17.2. The van der Waals surface area contributed by atoms with Gasteiger partial charge in [-0.05, 0) is 55.3 Å². The molecule has 1 fully saturated rings. The largest absolute Gasteiger partial charge is 0.383 e. The van der Waals surface area contributed by atoms with E-state index in [2.05, 4.69) is 12.2 Å². The summed E-state index contributed by atoms with van der Waals surface area (Å²) in [5, 5.41) is 4.10. The number of amides is 2. The van der Waals surface area contributed by atoms with Crippen molar-refractivity contribution in [1.82, 2.24) is 9.80 Å². The minimum atomic E-state index is -0.467. The minimum Gasteiger partial charge on any atom is -0.383 e. The molecule has 6 nitrogen and oxygen atoms in total. The van der Waals surface area contributed by atoms with Crippen LogP contribution in [0.2, 0.25) is 10.0 Å². The number of anilines is 1. The number of carbonyl (C=O) groups is 2. The van der Waals surface area contributed by atoms with Crippen LogP contribution in [0.5, 0.6) is 0 Å². The lowest BCUT2D eigenvalue weighted by Gasteiger charge is -2.50. The van der Waals surface area contributed by atoms with E-state index in [-0.39, 0.29) is 24.5 Å². The number of carbonyl (C=O) groups excluding carboxylic acids is 2. The molecule has 190 valence electrons. The van der Waals surface area contributed by atoms with E-state index in [0.717, 1.165) is 29.8 Å². The SMILES string of the molecule is CC(=O)N1CN(C(=O)c2cccc(C)c2)C1c1ccc(Cl)c(Cl)c1.CCC(N)CNc1ccccc1. The Morgan fingerprint density at radius 2 is 1.72 bits per heavy atom. The molecule has 0 saturated carbocycles. The number of nitrogens with one attached hydrogen (secondary N) is 1. The Morgan fingerprint density at radius 1 is 1.00 bits per heavy atom. The highest BCUT2D eigenvalue weighted by Gasteiger charge is 2.42. The molecule has 2 unspecified atom stereocenters. The molecule has 4 rings (SSSR count). The van der Waals surface area contributed by atoms with Gasteiger partial charge in [0.2, 0.25) is 5.91 Å². The van der Waals surface area contributed by atoms with Gasteiger partial charge in [0.1, 0.15) is 12.8 Å². The Labute approximate surface area is 223 Å². The molecular weight excluding hydrogens is 495 g/mol. The van der Waals surface area contributed by atoms with Crippen molar-refractivity contribution in [2.45, 2.75) is 39.4 Å².